The first-order valence-electron chi connectivity index (χ1n) is 6.98. The molecule has 0 unspecified atom stereocenters. The fraction of sp³-hybridized carbons (Fsp3) is 0.176. The lowest BCUT2D eigenvalue weighted by atomic mass is 10.1. The Morgan fingerprint density at radius 1 is 1.05 bits per heavy atom. The molecule has 0 saturated carbocycles. The maximum atomic E-state index is 10.7. The number of nitro benzene ring substituents is 1. The molecular formula is C17H16N2O2. The van der Waals surface area contributed by atoms with Gasteiger partial charge in [-0.2, -0.15) is 0 Å². The minimum atomic E-state index is -0.374. The molecule has 0 N–H and O–H groups in total. The molecule has 1 heterocycles. The Balaban J connectivity index is 1.89. The van der Waals surface area contributed by atoms with E-state index in [1.54, 1.807) is 12.1 Å². The van der Waals surface area contributed by atoms with E-state index in [0.29, 0.717) is 6.54 Å². The van der Waals surface area contributed by atoms with Crippen molar-refractivity contribution < 1.29 is 4.92 Å². The van der Waals surface area contributed by atoms with E-state index < -0.39 is 0 Å². The molecular weight excluding hydrogens is 264 g/mol. The SMILES string of the molecule is CCc1ccc2c(ccn2Cc2ccc([N+](=O)[O-])cc2)c1. The quantitative estimate of drug-likeness (QED) is 0.532. The van der Waals surface area contributed by atoms with Crippen LogP contribution in [-0.4, -0.2) is 9.49 Å². The van der Waals surface area contributed by atoms with Crippen LogP contribution in [0.3, 0.4) is 0 Å². The van der Waals surface area contributed by atoms with Gasteiger partial charge in [-0.05, 0) is 41.1 Å². The van der Waals surface area contributed by atoms with Crippen molar-refractivity contribution in [2.75, 3.05) is 0 Å². The third-order valence-corrected chi connectivity index (χ3v) is 3.74. The molecule has 0 saturated heterocycles. The third-order valence-electron chi connectivity index (χ3n) is 3.74. The summed E-state index contributed by atoms with van der Waals surface area (Å²) in [6.45, 7) is 2.86. The molecule has 1 aromatic heterocycles. The Bertz CT molecular complexity index is 788. The minimum Gasteiger partial charge on any atom is -0.343 e. The first kappa shape index (κ1) is 13.4. The van der Waals surface area contributed by atoms with Gasteiger partial charge in [0, 0.05) is 30.4 Å². The summed E-state index contributed by atoms with van der Waals surface area (Å²) in [6, 6.07) is 15.3. The van der Waals surface area contributed by atoms with Crippen molar-refractivity contribution in [1.29, 1.82) is 0 Å². The molecule has 0 aliphatic rings. The molecule has 3 aromatic rings. The topological polar surface area (TPSA) is 48.1 Å². The Morgan fingerprint density at radius 2 is 1.76 bits per heavy atom. The van der Waals surface area contributed by atoms with Crippen LogP contribution < -0.4 is 0 Å². The Hall–Kier alpha value is -2.62. The first-order valence-corrected chi connectivity index (χ1v) is 6.98. The summed E-state index contributed by atoms with van der Waals surface area (Å²) in [5, 5.41) is 11.9. The number of nitrogens with zero attached hydrogens (tertiary/aromatic N) is 2. The number of nitro groups is 1. The highest BCUT2D eigenvalue weighted by Crippen LogP contribution is 2.20. The van der Waals surface area contributed by atoms with E-state index in [9.17, 15) is 10.1 Å². The number of fused-ring (bicyclic) bond motifs is 1. The van der Waals surface area contributed by atoms with Gasteiger partial charge in [-0.25, -0.2) is 0 Å². The average Bonchev–Trinajstić information content (AvgIpc) is 2.90. The van der Waals surface area contributed by atoms with Crippen LogP contribution in [0.2, 0.25) is 0 Å². The molecule has 0 amide bonds. The second-order valence-electron chi connectivity index (χ2n) is 5.11. The average molecular weight is 280 g/mol. The molecule has 0 fully saturated rings. The van der Waals surface area contributed by atoms with E-state index in [0.717, 1.165) is 12.0 Å². The molecule has 4 heteroatoms. The highest BCUT2D eigenvalue weighted by atomic mass is 16.6. The summed E-state index contributed by atoms with van der Waals surface area (Å²) in [4.78, 5) is 10.3. The second kappa shape index (κ2) is 5.40. The summed E-state index contributed by atoms with van der Waals surface area (Å²) in [7, 11) is 0. The Labute approximate surface area is 122 Å². The zero-order valence-corrected chi connectivity index (χ0v) is 11.8. The molecule has 106 valence electrons. The van der Waals surface area contributed by atoms with E-state index in [1.807, 2.05) is 12.1 Å². The van der Waals surface area contributed by atoms with Gasteiger partial charge < -0.3 is 4.57 Å². The van der Waals surface area contributed by atoms with Crippen molar-refractivity contribution in [2.45, 2.75) is 19.9 Å². The highest BCUT2D eigenvalue weighted by Gasteiger charge is 2.06. The Morgan fingerprint density at radius 3 is 2.43 bits per heavy atom. The number of aromatic nitrogens is 1. The van der Waals surface area contributed by atoms with Crippen LogP contribution in [0.25, 0.3) is 10.9 Å². The van der Waals surface area contributed by atoms with Crippen molar-refractivity contribution in [2.24, 2.45) is 0 Å². The van der Waals surface area contributed by atoms with Gasteiger partial charge in [0.1, 0.15) is 0 Å². The normalized spacial score (nSPS) is 10.9. The maximum Gasteiger partial charge on any atom is 0.269 e. The standard InChI is InChI=1S/C17H16N2O2/c1-2-13-5-8-17-15(11-13)9-10-18(17)12-14-3-6-16(7-4-14)19(20)21/h3-11H,2,12H2,1H3. The fourth-order valence-corrected chi connectivity index (χ4v) is 2.53. The molecule has 0 radical (unpaired) electrons. The van der Waals surface area contributed by atoms with Crippen LogP contribution in [0.15, 0.2) is 54.7 Å². The van der Waals surface area contributed by atoms with Crippen LogP contribution in [-0.2, 0) is 13.0 Å². The van der Waals surface area contributed by atoms with E-state index in [2.05, 4.69) is 42.0 Å². The van der Waals surface area contributed by atoms with Crippen molar-refractivity contribution in [3.05, 3.63) is 76.0 Å². The second-order valence-corrected chi connectivity index (χ2v) is 5.11. The number of hydrogen-bond acceptors (Lipinski definition) is 2. The smallest absolute Gasteiger partial charge is 0.269 e. The number of non-ortho nitro benzene ring substituents is 1. The summed E-state index contributed by atoms with van der Waals surface area (Å²) >= 11 is 0. The molecule has 3 rings (SSSR count). The predicted octanol–water partition coefficient (Wildman–Crippen LogP) is 4.16. The first-order chi connectivity index (χ1) is 10.2. The lowest BCUT2D eigenvalue weighted by Crippen LogP contribution is -1.98. The number of benzene rings is 2. The van der Waals surface area contributed by atoms with E-state index in [-0.39, 0.29) is 10.6 Å². The van der Waals surface area contributed by atoms with Crippen molar-refractivity contribution >= 4 is 16.6 Å². The lowest BCUT2D eigenvalue weighted by molar-refractivity contribution is -0.384. The molecule has 0 aliphatic carbocycles. The summed E-state index contributed by atoms with van der Waals surface area (Å²) < 4.78 is 2.16. The monoisotopic (exact) mass is 280 g/mol. The molecule has 0 spiro atoms. The highest BCUT2D eigenvalue weighted by molar-refractivity contribution is 5.81. The van der Waals surface area contributed by atoms with Gasteiger partial charge >= 0.3 is 0 Å². The van der Waals surface area contributed by atoms with Crippen molar-refractivity contribution in [1.82, 2.24) is 4.57 Å². The van der Waals surface area contributed by atoms with Crippen LogP contribution >= 0.6 is 0 Å². The molecule has 4 nitrogen and oxygen atoms in total. The zero-order valence-electron chi connectivity index (χ0n) is 11.8. The van der Waals surface area contributed by atoms with E-state index >= 15 is 0 Å². The van der Waals surface area contributed by atoms with Gasteiger partial charge in [0.15, 0.2) is 0 Å². The van der Waals surface area contributed by atoms with Crippen molar-refractivity contribution in [3.8, 4) is 0 Å². The molecule has 0 aliphatic heterocycles. The molecule has 21 heavy (non-hydrogen) atoms. The third kappa shape index (κ3) is 2.65. The molecule has 2 aromatic carbocycles. The van der Waals surface area contributed by atoms with Gasteiger partial charge in [-0.15, -0.1) is 0 Å². The van der Waals surface area contributed by atoms with Gasteiger partial charge in [0.25, 0.3) is 5.69 Å². The molecule has 0 atom stereocenters. The minimum absolute atomic E-state index is 0.128. The van der Waals surface area contributed by atoms with Crippen LogP contribution in [0, 0.1) is 10.1 Å². The number of hydrogen-bond donors (Lipinski definition) is 0. The van der Waals surface area contributed by atoms with E-state index in [4.69, 9.17) is 0 Å². The van der Waals surface area contributed by atoms with Gasteiger partial charge in [0.05, 0.1) is 4.92 Å². The fourth-order valence-electron chi connectivity index (χ4n) is 2.53. The van der Waals surface area contributed by atoms with Crippen molar-refractivity contribution in [3.63, 3.8) is 0 Å². The van der Waals surface area contributed by atoms with Crippen LogP contribution in [0.4, 0.5) is 5.69 Å². The van der Waals surface area contributed by atoms with Gasteiger partial charge in [-0.1, -0.05) is 25.1 Å². The number of aryl methyl sites for hydroxylation is 1. The van der Waals surface area contributed by atoms with Crippen LogP contribution in [0.5, 0.6) is 0 Å². The summed E-state index contributed by atoms with van der Waals surface area (Å²) in [5.41, 5.74) is 3.70. The Kier molecular flexibility index (Phi) is 3.44. The zero-order chi connectivity index (χ0) is 14.8. The van der Waals surface area contributed by atoms with E-state index in [1.165, 1.54) is 16.5 Å². The molecule has 0 bridgehead atoms. The summed E-state index contributed by atoms with van der Waals surface area (Å²) in [6.07, 6.45) is 3.09. The van der Waals surface area contributed by atoms with Gasteiger partial charge in [-0.3, -0.25) is 10.1 Å². The maximum absolute atomic E-state index is 10.7. The summed E-state index contributed by atoms with van der Waals surface area (Å²) in [5.74, 6) is 0. The lowest BCUT2D eigenvalue weighted by Gasteiger charge is -2.06. The van der Waals surface area contributed by atoms with Crippen LogP contribution in [0.1, 0.15) is 18.1 Å². The largest absolute Gasteiger partial charge is 0.343 e. The van der Waals surface area contributed by atoms with Gasteiger partial charge in [0.2, 0.25) is 0 Å². The number of rotatable bonds is 4. The predicted molar refractivity (Wildman–Crippen MR) is 83.5 cm³/mol.